The summed E-state index contributed by atoms with van der Waals surface area (Å²) in [5, 5.41) is 9.28. The van der Waals surface area contributed by atoms with Crippen LogP contribution in [0.15, 0.2) is 18.2 Å². The number of nitrogens with zero attached hydrogens (tertiary/aromatic N) is 1. The Hall–Kier alpha value is -1.20. The number of hydrogen-bond acceptors (Lipinski definition) is 2. The maximum absolute atomic E-state index is 8.82. The molecular weight excluding hydrogens is 186 g/mol. The summed E-state index contributed by atoms with van der Waals surface area (Å²) >= 11 is 5.83. The molecule has 2 nitrogen and oxygen atoms in total. The van der Waals surface area contributed by atoms with Crippen LogP contribution in [0.5, 0.6) is 5.75 Å². The molecule has 1 aromatic rings. The van der Waals surface area contributed by atoms with Crippen molar-refractivity contribution in [3.05, 3.63) is 28.8 Å². The normalized spacial score (nSPS) is 15.1. The van der Waals surface area contributed by atoms with E-state index >= 15 is 0 Å². The Morgan fingerprint density at radius 3 is 2.85 bits per heavy atom. The minimum absolute atomic E-state index is 0.297. The van der Waals surface area contributed by atoms with Crippen molar-refractivity contribution in [1.29, 1.82) is 5.26 Å². The van der Waals surface area contributed by atoms with E-state index in [9.17, 15) is 0 Å². The molecule has 0 aliphatic heterocycles. The molecule has 0 radical (unpaired) electrons. The number of benzene rings is 1. The molecule has 0 atom stereocenters. The molecule has 1 fully saturated rings. The van der Waals surface area contributed by atoms with Crippen LogP contribution in [0.4, 0.5) is 0 Å². The first-order valence-corrected chi connectivity index (χ1v) is 4.54. The second kappa shape index (κ2) is 3.27. The Morgan fingerprint density at radius 2 is 2.23 bits per heavy atom. The molecule has 0 bridgehead atoms. The Labute approximate surface area is 81.7 Å². The number of halogens is 1. The Morgan fingerprint density at radius 1 is 1.46 bits per heavy atom. The van der Waals surface area contributed by atoms with Gasteiger partial charge in [-0.2, -0.15) is 5.26 Å². The summed E-state index contributed by atoms with van der Waals surface area (Å²) < 4.78 is 5.52. The van der Waals surface area contributed by atoms with Crippen LogP contribution >= 0.6 is 11.6 Å². The maximum Gasteiger partial charge on any atom is 0.139 e. The van der Waals surface area contributed by atoms with Gasteiger partial charge < -0.3 is 4.74 Å². The maximum atomic E-state index is 8.82. The molecule has 0 unspecified atom stereocenters. The van der Waals surface area contributed by atoms with E-state index in [1.165, 1.54) is 0 Å². The molecule has 1 aliphatic carbocycles. The standard InChI is InChI=1S/C10H8ClNO/c11-9-2-1-3-10(8(9)6-12)13-7-4-5-7/h1-3,7H,4-5H2. The lowest BCUT2D eigenvalue weighted by Gasteiger charge is -2.06. The highest BCUT2D eigenvalue weighted by molar-refractivity contribution is 6.31. The molecule has 1 aromatic carbocycles. The van der Waals surface area contributed by atoms with Gasteiger partial charge in [-0.15, -0.1) is 0 Å². The van der Waals surface area contributed by atoms with Crippen molar-refractivity contribution < 1.29 is 4.74 Å². The van der Waals surface area contributed by atoms with Gasteiger partial charge in [-0.3, -0.25) is 0 Å². The monoisotopic (exact) mass is 193 g/mol. The predicted molar refractivity (Wildman–Crippen MR) is 49.8 cm³/mol. The first-order valence-electron chi connectivity index (χ1n) is 4.16. The summed E-state index contributed by atoms with van der Waals surface area (Å²) in [6.45, 7) is 0. The van der Waals surface area contributed by atoms with Crippen molar-refractivity contribution in [2.75, 3.05) is 0 Å². The van der Waals surface area contributed by atoms with Crippen molar-refractivity contribution in [3.8, 4) is 11.8 Å². The zero-order valence-electron chi connectivity index (χ0n) is 6.96. The van der Waals surface area contributed by atoms with E-state index in [1.54, 1.807) is 18.2 Å². The fourth-order valence-electron chi connectivity index (χ4n) is 1.08. The van der Waals surface area contributed by atoms with Crippen molar-refractivity contribution >= 4 is 11.6 Å². The third kappa shape index (κ3) is 1.76. The van der Waals surface area contributed by atoms with Crippen molar-refractivity contribution in [1.82, 2.24) is 0 Å². The molecule has 66 valence electrons. The molecule has 1 aliphatic rings. The summed E-state index contributed by atoms with van der Waals surface area (Å²) in [6.07, 6.45) is 2.46. The molecule has 0 aromatic heterocycles. The highest BCUT2D eigenvalue weighted by atomic mass is 35.5. The van der Waals surface area contributed by atoms with E-state index in [-0.39, 0.29) is 0 Å². The van der Waals surface area contributed by atoms with Gasteiger partial charge >= 0.3 is 0 Å². The van der Waals surface area contributed by atoms with Crippen LogP contribution in [0.2, 0.25) is 5.02 Å². The molecule has 1 saturated carbocycles. The second-order valence-corrected chi connectivity index (χ2v) is 3.45. The Balaban J connectivity index is 2.32. The predicted octanol–water partition coefficient (Wildman–Crippen LogP) is 2.75. The largest absolute Gasteiger partial charge is 0.489 e. The van der Waals surface area contributed by atoms with E-state index in [2.05, 4.69) is 0 Å². The number of hydrogen-bond donors (Lipinski definition) is 0. The smallest absolute Gasteiger partial charge is 0.139 e. The van der Waals surface area contributed by atoms with E-state index in [1.807, 2.05) is 6.07 Å². The zero-order chi connectivity index (χ0) is 9.26. The van der Waals surface area contributed by atoms with Crippen molar-refractivity contribution in [2.24, 2.45) is 0 Å². The number of nitriles is 1. The highest BCUT2D eigenvalue weighted by Gasteiger charge is 2.24. The summed E-state index contributed by atoms with van der Waals surface area (Å²) in [5.41, 5.74) is 0.441. The van der Waals surface area contributed by atoms with Gasteiger partial charge in [-0.25, -0.2) is 0 Å². The fraction of sp³-hybridized carbons (Fsp3) is 0.300. The summed E-state index contributed by atoms with van der Waals surface area (Å²) in [6, 6.07) is 7.31. The lowest BCUT2D eigenvalue weighted by atomic mass is 10.2. The van der Waals surface area contributed by atoms with Crippen LogP contribution in [-0.4, -0.2) is 6.10 Å². The second-order valence-electron chi connectivity index (χ2n) is 3.04. The molecule has 0 N–H and O–H groups in total. The van der Waals surface area contributed by atoms with Gasteiger partial charge in [0.05, 0.1) is 11.1 Å². The third-order valence-electron chi connectivity index (χ3n) is 1.91. The molecular formula is C10H8ClNO. The van der Waals surface area contributed by atoms with Crippen LogP contribution in [0.3, 0.4) is 0 Å². The fourth-order valence-corrected chi connectivity index (χ4v) is 1.28. The van der Waals surface area contributed by atoms with Gasteiger partial charge in [0.25, 0.3) is 0 Å². The first kappa shape index (κ1) is 8.40. The highest BCUT2D eigenvalue weighted by Crippen LogP contribution is 2.31. The van der Waals surface area contributed by atoms with Crippen LogP contribution in [0.25, 0.3) is 0 Å². The Kier molecular flexibility index (Phi) is 2.12. The van der Waals surface area contributed by atoms with Crippen LogP contribution in [-0.2, 0) is 0 Å². The molecule has 0 heterocycles. The molecule has 3 heteroatoms. The van der Waals surface area contributed by atoms with Crippen LogP contribution in [0, 0.1) is 11.3 Å². The van der Waals surface area contributed by atoms with E-state index in [0.717, 1.165) is 12.8 Å². The third-order valence-corrected chi connectivity index (χ3v) is 2.22. The van der Waals surface area contributed by atoms with Gasteiger partial charge in [0.15, 0.2) is 0 Å². The average molecular weight is 194 g/mol. The molecule has 0 saturated heterocycles. The van der Waals surface area contributed by atoms with Gasteiger partial charge in [0.2, 0.25) is 0 Å². The van der Waals surface area contributed by atoms with Crippen molar-refractivity contribution in [2.45, 2.75) is 18.9 Å². The van der Waals surface area contributed by atoms with Gasteiger partial charge in [-0.1, -0.05) is 17.7 Å². The SMILES string of the molecule is N#Cc1c(Cl)cccc1OC1CC1. The van der Waals surface area contributed by atoms with Crippen LogP contribution < -0.4 is 4.74 Å². The minimum atomic E-state index is 0.297. The first-order chi connectivity index (χ1) is 6.31. The molecule has 13 heavy (non-hydrogen) atoms. The summed E-state index contributed by atoms with van der Waals surface area (Å²) in [4.78, 5) is 0. The summed E-state index contributed by atoms with van der Waals surface area (Å²) in [7, 11) is 0. The lowest BCUT2D eigenvalue weighted by molar-refractivity contribution is 0.302. The number of ether oxygens (including phenoxy) is 1. The van der Waals surface area contributed by atoms with Gasteiger partial charge in [0, 0.05) is 0 Å². The molecule has 0 amide bonds. The minimum Gasteiger partial charge on any atom is -0.489 e. The van der Waals surface area contributed by atoms with E-state index < -0.39 is 0 Å². The van der Waals surface area contributed by atoms with Crippen LogP contribution in [0.1, 0.15) is 18.4 Å². The molecule has 0 spiro atoms. The van der Waals surface area contributed by atoms with Crippen molar-refractivity contribution in [3.63, 3.8) is 0 Å². The quantitative estimate of drug-likeness (QED) is 0.724. The lowest BCUT2D eigenvalue weighted by Crippen LogP contribution is -1.98. The summed E-state index contributed by atoms with van der Waals surface area (Å²) in [5.74, 6) is 0.609. The topological polar surface area (TPSA) is 33.0 Å². The Bertz CT molecular complexity index is 366. The number of rotatable bonds is 2. The van der Waals surface area contributed by atoms with E-state index in [4.69, 9.17) is 21.6 Å². The molecule has 2 rings (SSSR count). The zero-order valence-corrected chi connectivity index (χ0v) is 7.71. The van der Waals surface area contributed by atoms with E-state index in [0.29, 0.717) is 22.4 Å². The average Bonchev–Trinajstić information content (AvgIpc) is 2.89. The van der Waals surface area contributed by atoms with Gasteiger partial charge in [-0.05, 0) is 25.0 Å². The van der Waals surface area contributed by atoms with Gasteiger partial charge in [0.1, 0.15) is 17.4 Å².